The van der Waals surface area contributed by atoms with Gasteiger partial charge in [-0.15, -0.1) is 0 Å². The molecule has 0 aromatic heterocycles. The van der Waals surface area contributed by atoms with Crippen LogP contribution in [0.3, 0.4) is 0 Å². The van der Waals surface area contributed by atoms with Gasteiger partial charge in [0.2, 0.25) is 0 Å². The highest BCUT2D eigenvalue weighted by Gasteiger charge is 2.40. The van der Waals surface area contributed by atoms with Gasteiger partial charge < -0.3 is 16.8 Å². The minimum absolute atomic E-state index is 0.134. The molecular weight excluding hydrogens is 282 g/mol. The summed E-state index contributed by atoms with van der Waals surface area (Å²) in [5.41, 5.74) is 11.9. The van der Waals surface area contributed by atoms with Crippen LogP contribution in [0.5, 0.6) is 0 Å². The van der Waals surface area contributed by atoms with E-state index in [-0.39, 0.29) is 17.2 Å². The van der Waals surface area contributed by atoms with Crippen LogP contribution in [-0.4, -0.2) is 17.2 Å². The van der Waals surface area contributed by atoms with Crippen LogP contribution in [0.1, 0.15) is 98.8 Å². The molecule has 5 N–H and O–H groups in total. The average Bonchev–Trinajstić information content (AvgIpc) is 2.37. The molecule has 0 spiro atoms. The number of piperidine rings is 1. The lowest BCUT2D eigenvalue weighted by atomic mass is 9.68. The molecule has 1 aliphatic rings. The molecule has 0 saturated carbocycles. The molecule has 1 saturated heterocycles. The number of rotatable bonds is 10. The number of unbranched alkanes of at least 4 members (excludes halogenated alkanes) is 3. The fourth-order valence-corrected chi connectivity index (χ4v) is 4.79. The lowest BCUT2D eigenvalue weighted by Crippen LogP contribution is -2.58. The van der Waals surface area contributed by atoms with Crippen molar-refractivity contribution in [2.75, 3.05) is 0 Å². The van der Waals surface area contributed by atoms with E-state index in [2.05, 4.69) is 39.9 Å². The number of nitrogens with one attached hydrogen (secondary N) is 1. The van der Waals surface area contributed by atoms with Gasteiger partial charge in [-0.25, -0.2) is 0 Å². The zero-order valence-corrected chi connectivity index (χ0v) is 16.5. The minimum atomic E-state index is -0.134. The fourth-order valence-electron chi connectivity index (χ4n) is 4.79. The molecular formula is C20H43N3. The third-order valence-electron chi connectivity index (χ3n) is 5.43. The first kappa shape index (κ1) is 20.9. The van der Waals surface area contributed by atoms with Gasteiger partial charge in [0, 0.05) is 11.1 Å². The van der Waals surface area contributed by atoms with Crippen molar-refractivity contribution in [3.05, 3.63) is 0 Å². The normalized spacial score (nSPS) is 22.4. The van der Waals surface area contributed by atoms with E-state index < -0.39 is 0 Å². The molecule has 3 heteroatoms. The van der Waals surface area contributed by atoms with Crippen molar-refractivity contribution in [2.24, 2.45) is 23.3 Å². The highest BCUT2D eigenvalue weighted by Crippen LogP contribution is 2.40. The maximum atomic E-state index is 5.69. The van der Waals surface area contributed by atoms with E-state index >= 15 is 0 Å². The monoisotopic (exact) mass is 325 g/mol. The second-order valence-corrected chi connectivity index (χ2v) is 9.27. The summed E-state index contributed by atoms with van der Waals surface area (Å²) in [6.07, 6.45) is 12.8. The Kier molecular flexibility index (Phi) is 8.54. The highest BCUT2D eigenvalue weighted by molar-refractivity contribution is 4.98. The van der Waals surface area contributed by atoms with Crippen molar-refractivity contribution in [1.82, 2.24) is 5.32 Å². The van der Waals surface area contributed by atoms with Gasteiger partial charge >= 0.3 is 0 Å². The SMILES string of the molecule is CCCCCC(CCCCC(N)N)C1CC(C)(C)NC(C)(C)C1. The van der Waals surface area contributed by atoms with E-state index in [1.54, 1.807) is 0 Å². The van der Waals surface area contributed by atoms with Gasteiger partial charge in [-0.2, -0.15) is 0 Å². The summed E-state index contributed by atoms with van der Waals surface area (Å²) in [5.74, 6) is 1.72. The van der Waals surface area contributed by atoms with Gasteiger partial charge in [-0.1, -0.05) is 51.9 Å². The second kappa shape index (κ2) is 9.39. The molecule has 3 nitrogen and oxygen atoms in total. The first-order valence-electron chi connectivity index (χ1n) is 9.96. The molecule has 0 aliphatic carbocycles. The number of nitrogens with two attached hydrogens (primary N) is 2. The smallest absolute Gasteiger partial charge is 0.0520 e. The van der Waals surface area contributed by atoms with Crippen molar-refractivity contribution >= 4 is 0 Å². The van der Waals surface area contributed by atoms with Crippen LogP contribution in [0.4, 0.5) is 0 Å². The van der Waals surface area contributed by atoms with Gasteiger partial charge in [0.05, 0.1) is 6.17 Å². The Morgan fingerprint density at radius 3 is 1.83 bits per heavy atom. The quantitative estimate of drug-likeness (QED) is 0.408. The lowest BCUT2D eigenvalue weighted by molar-refractivity contribution is 0.0837. The fraction of sp³-hybridized carbons (Fsp3) is 1.00. The van der Waals surface area contributed by atoms with Crippen LogP contribution in [-0.2, 0) is 0 Å². The zero-order valence-electron chi connectivity index (χ0n) is 16.5. The minimum Gasteiger partial charge on any atom is -0.316 e. The Morgan fingerprint density at radius 1 is 0.870 bits per heavy atom. The van der Waals surface area contributed by atoms with Crippen molar-refractivity contribution in [2.45, 2.75) is 116 Å². The van der Waals surface area contributed by atoms with Crippen LogP contribution < -0.4 is 16.8 Å². The highest BCUT2D eigenvalue weighted by atomic mass is 15.0. The summed E-state index contributed by atoms with van der Waals surface area (Å²) in [5, 5.41) is 3.83. The Labute approximate surface area is 145 Å². The molecule has 0 amide bonds. The first-order chi connectivity index (χ1) is 10.7. The van der Waals surface area contributed by atoms with Crippen LogP contribution in [0.25, 0.3) is 0 Å². The summed E-state index contributed by atoms with van der Waals surface area (Å²) >= 11 is 0. The summed E-state index contributed by atoms with van der Waals surface area (Å²) in [7, 11) is 0. The third kappa shape index (κ3) is 8.51. The molecule has 1 fully saturated rings. The number of hydrogen-bond acceptors (Lipinski definition) is 3. The van der Waals surface area contributed by atoms with Gasteiger partial charge in [-0.3, -0.25) is 0 Å². The van der Waals surface area contributed by atoms with E-state index in [9.17, 15) is 0 Å². The Balaban J connectivity index is 2.61. The molecule has 0 aromatic carbocycles. The van der Waals surface area contributed by atoms with E-state index in [0.29, 0.717) is 0 Å². The molecule has 1 unspecified atom stereocenters. The predicted molar refractivity (Wildman–Crippen MR) is 102 cm³/mol. The largest absolute Gasteiger partial charge is 0.316 e. The topological polar surface area (TPSA) is 64.1 Å². The molecule has 1 atom stereocenters. The van der Waals surface area contributed by atoms with Gasteiger partial charge in [-0.05, 0) is 58.8 Å². The van der Waals surface area contributed by atoms with E-state index in [0.717, 1.165) is 18.3 Å². The molecule has 0 aromatic rings. The van der Waals surface area contributed by atoms with Crippen molar-refractivity contribution in [1.29, 1.82) is 0 Å². The summed E-state index contributed by atoms with van der Waals surface area (Å²) in [6, 6.07) is 0. The molecule has 138 valence electrons. The molecule has 0 bridgehead atoms. The zero-order chi connectivity index (χ0) is 17.5. The maximum Gasteiger partial charge on any atom is 0.0520 e. The maximum absolute atomic E-state index is 5.69. The lowest BCUT2D eigenvalue weighted by Gasteiger charge is -2.49. The Hall–Kier alpha value is -0.120. The average molecular weight is 326 g/mol. The molecule has 1 rings (SSSR count). The van der Waals surface area contributed by atoms with Gasteiger partial charge in [0.1, 0.15) is 0 Å². The summed E-state index contributed by atoms with van der Waals surface area (Å²) in [6.45, 7) is 11.8. The van der Waals surface area contributed by atoms with Crippen LogP contribution in [0.2, 0.25) is 0 Å². The molecule has 1 heterocycles. The van der Waals surface area contributed by atoms with Crippen molar-refractivity contribution < 1.29 is 0 Å². The Morgan fingerprint density at radius 2 is 1.35 bits per heavy atom. The van der Waals surface area contributed by atoms with Crippen LogP contribution in [0, 0.1) is 11.8 Å². The summed E-state index contributed by atoms with van der Waals surface area (Å²) < 4.78 is 0. The van der Waals surface area contributed by atoms with Crippen molar-refractivity contribution in [3.63, 3.8) is 0 Å². The van der Waals surface area contributed by atoms with Crippen molar-refractivity contribution in [3.8, 4) is 0 Å². The summed E-state index contributed by atoms with van der Waals surface area (Å²) in [4.78, 5) is 0. The van der Waals surface area contributed by atoms with E-state index in [1.165, 1.54) is 57.8 Å². The molecule has 0 radical (unpaired) electrons. The van der Waals surface area contributed by atoms with Gasteiger partial charge in [0.15, 0.2) is 0 Å². The standard InChI is InChI=1S/C20H43N3/c1-6-7-8-11-16(12-9-10-13-18(21)22)17-14-19(2,3)23-20(4,5)15-17/h16-18,23H,6-15,21-22H2,1-5H3. The second-order valence-electron chi connectivity index (χ2n) is 9.27. The molecule has 23 heavy (non-hydrogen) atoms. The van der Waals surface area contributed by atoms with E-state index in [1.807, 2.05) is 0 Å². The van der Waals surface area contributed by atoms with Crippen LogP contribution in [0.15, 0.2) is 0 Å². The van der Waals surface area contributed by atoms with Gasteiger partial charge in [0.25, 0.3) is 0 Å². The number of hydrogen-bond donors (Lipinski definition) is 3. The van der Waals surface area contributed by atoms with Crippen LogP contribution >= 0.6 is 0 Å². The molecule has 1 aliphatic heterocycles. The third-order valence-corrected chi connectivity index (χ3v) is 5.43. The predicted octanol–water partition coefficient (Wildman–Crippen LogP) is 4.54. The Bertz CT molecular complexity index is 307. The van der Waals surface area contributed by atoms with E-state index in [4.69, 9.17) is 11.5 Å². The first-order valence-corrected chi connectivity index (χ1v) is 9.96.